The topological polar surface area (TPSA) is 38.9 Å². The third-order valence-electron chi connectivity index (χ3n) is 1.71. The Kier molecular flexibility index (Phi) is 3.17. The first-order valence-electron chi connectivity index (χ1n) is 3.70. The summed E-state index contributed by atoms with van der Waals surface area (Å²) in [5.41, 5.74) is 5.90. The van der Waals surface area contributed by atoms with Gasteiger partial charge in [0.2, 0.25) is 0 Å². The molecule has 0 aliphatic heterocycles. The fraction of sp³-hybridized carbons (Fsp3) is 0.375. The van der Waals surface area contributed by atoms with Crippen LogP contribution in [0.3, 0.4) is 0 Å². The number of hydrogen-bond donors (Lipinski definition) is 1. The van der Waals surface area contributed by atoms with E-state index in [0.29, 0.717) is 5.69 Å². The van der Waals surface area contributed by atoms with Gasteiger partial charge in [-0.1, -0.05) is 11.6 Å². The Balaban J connectivity index is 3.20. The van der Waals surface area contributed by atoms with E-state index in [4.69, 9.17) is 17.3 Å². The largest absolute Gasteiger partial charge is 0.325 e. The fourth-order valence-corrected chi connectivity index (χ4v) is 1.25. The maximum Gasteiger partial charge on any atom is 0.265 e. The molecule has 1 heterocycles. The molecular formula is C8H9ClF2N2. The molecule has 0 unspecified atom stereocenters. The molecule has 1 aromatic rings. The molecule has 5 heteroatoms. The van der Waals surface area contributed by atoms with Crippen LogP contribution in [-0.2, 0) is 6.54 Å². The van der Waals surface area contributed by atoms with Crippen LogP contribution in [0.25, 0.3) is 0 Å². The molecule has 0 bridgehead atoms. The first-order chi connectivity index (χ1) is 6.06. The molecule has 0 radical (unpaired) electrons. The van der Waals surface area contributed by atoms with Gasteiger partial charge in [0.05, 0.1) is 10.7 Å². The highest BCUT2D eigenvalue weighted by Gasteiger charge is 2.14. The Morgan fingerprint density at radius 3 is 2.69 bits per heavy atom. The van der Waals surface area contributed by atoms with Crippen molar-refractivity contribution in [2.75, 3.05) is 0 Å². The van der Waals surface area contributed by atoms with E-state index in [1.807, 2.05) is 0 Å². The van der Waals surface area contributed by atoms with Crippen molar-refractivity contribution in [1.29, 1.82) is 0 Å². The van der Waals surface area contributed by atoms with Crippen LogP contribution in [-0.4, -0.2) is 4.98 Å². The molecule has 72 valence electrons. The molecule has 0 aliphatic carbocycles. The van der Waals surface area contributed by atoms with Crippen LogP contribution >= 0.6 is 11.6 Å². The fourth-order valence-electron chi connectivity index (χ4n) is 1.01. The van der Waals surface area contributed by atoms with E-state index in [1.165, 1.54) is 13.0 Å². The first kappa shape index (κ1) is 10.3. The van der Waals surface area contributed by atoms with Gasteiger partial charge in [0, 0.05) is 17.8 Å². The van der Waals surface area contributed by atoms with E-state index < -0.39 is 6.43 Å². The third kappa shape index (κ3) is 2.14. The Labute approximate surface area is 79.7 Å². The van der Waals surface area contributed by atoms with Crippen molar-refractivity contribution in [1.82, 2.24) is 4.98 Å². The summed E-state index contributed by atoms with van der Waals surface area (Å²) in [6.45, 7) is 1.67. The van der Waals surface area contributed by atoms with E-state index in [-0.39, 0.29) is 22.8 Å². The monoisotopic (exact) mass is 206 g/mol. The Hall–Kier alpha value is -0.740. The highest BCUT2D eigenvalue weighted by Crippen LogP contribution is 2.25. The maximum atomic E-state index is 12.3. The van der Waals surface area contributed by atoms with Gasteiger partial charge in [-0.15, -0.1) is 0 Å². The second kappa shape index (κ2) is 3.98. The molecule has 2 N–H and O–H groups in total. The molecule has 0 aliphatic rings. The average Bonchev–Trinajstić information content (AvgIpc) is 2.07. The Morgan fingerprint density at radius 1 is 1.62 bits per heavy atom. The van der Waals surface area contributed by atoms with Crippen LogP contribution in [0.4, 0.5) is 8.78 Å². The van der Waals surface area contributed by atoms with Crippen LogP contribution in [0.15, 0.2) is 6.07 Å². The van der Waals surface area contributed by atoms with Crippen molar-refractivity contribution in [2.24, 2.45) is 5.73 Å². The van der Waals surface area contributed by atoms with Crippen LogP contribution in [0.2, 0.25) is 5.02 Å². The van der Waals surface area contributed by atoms with Gasteiger partial charge in [-0.25, -0.2) is 8.78 Å². The van der Waals surface area contributed by atoms with Gasteiger partial charge < -0.3 is 5.73 Å². The minimum atomic E-state index is -2.54. The zero-order valence-corrected chi connectivity index (χ0v) is 7.78. The smallest absolute Gasteiger partial charge is 0.265 e. The van der Waals surface area contributed by atoms with E-state index in [9.17, 15) is 8.78 Å². The lowest BCUT2D eigenvalue weighted by atomic mass is 10.2. The molecule has 0 fully saturated rings. The molecule has 2 nitrogen and oxygen atoms in total. The van der Waals surface area contributed by atoms with Gasteiger partial charge in [-0.3, -0.25) is 4.98 Å². The number of alkyl halides is 2. The molecule has 0 saturated carbocycles. The van der Waals surface area contributed by atoms with Gasteiger partial charge in [0.1, 0.15) is 0 Å². The van der Waals surface area contributed by atoms with Crippen LogP contribution in [0.1, 0.15) is 23.4 Å². The highest BCUT2D eigenvalue weighted by molar-refractivity contribution is 6.31. The van der Waals surface area contributed by atoms with Crippen molar-refractivity contribution in [2.45, 2.75) is 19.9 Å². The SMILES string of the molecule is Cc1nc(CN)c(Cl)cc1C(F)F. The summed E-state index contributed by atoms with van der Waals surface area (Å²) < 4.78 is 24.6. The zero-order chi connectivity index (χ0) is 10.0. The van der Waals surface area contributed by atoms with E-state index >= 15 is 0 Å². The molecule has 0 aromatic carbocycles. The second-order valence-corrected chi connectivity index (χ2v) is 3.00. The molecule has 0 amide bonds. The number of aryl methyl sites for hydroxylation is 1. The molecule has 0 spiro atoms. The maximum absolute atomic E-state index is 12.3. The van der Waals surface area contributed by atoms with Crippen molar-refractivity contribution < 1.29 is 8.78 Å². The molecule has 0 saturated heterocycles. The van der Waals surface area contributed by atoms with E-state index in [2.05, 4.69) is 4.98 Å². The van der Waals surface area contributed by atoms with Gasteiger partial charge in [-0.2, -0.15) is 0 Å². The Morgan fingerprint density at radius 2 is 2.23 bits per heavy atom. The standard InChI is InChI=1S/C8H9ClF2N2/c1-4-5(8(10)11)2-6(9)7(3-12)13-4/h2,8H,3,12H2,1H3. The molecule has 1 aromatic heterocycles. The zero-order valence-electron chi connectivity index (χ0n) is 7.02. The Bertz CT molecular complexity index is 315. The van der Waals surface area contributed by atoms with Gasteiger partial charge in [0.15, 0.2) is 0 Å². The first-order valence-corrected chi connectivity index (χ1v) is 4.08. The number of aromatic nitrogens is 1. The van der Waals surface area contributed by atoms with Crippen LogP contribution in [0.5, 0.6) is 0 Å². The summed E-state index contributed by atoms with van der Waals surface area (Å²) in [5.74, 6) is 0. The normalized spacial score (nSPS) is 10.9. The summed E-state index contributed by atoms with van der Waals surface area (Å²) in [6, 6.07) is 1.22. The predicted molar refractivity (Wildman–Crippen MR) is 46.8 cm³/mol. The molecule has 1 rings (SSSR count). The summed E-state index contributed by atoms with van der Waals surface area (Å²) in [6.07, 6.45) is -2.54. The second-order valence-electron chi connectivity index (χ2n) is 2.60. The number of halogens is 3. The van der Waals surface area contributed by atoms with Crippen LogP contribution in [0, 0.1) is 6.92 Å². The van der Waals surface area contributed by atoms with Crippen molar-refractivity contribution in [3.63, 3.8) is 0 Å². The quantitative estimate of drug-likeness (QED) is 0.807. The lowest BCUT2D eigenvalue weighted by Crippen LogP contribution is -2.04. The van der Waals surface area contributed by atoms with Crippen molar-refractivity contribution in [3.8, 4) is 0 Å². The van der Waals surface area contributed by atoms with Gasteiger partial charge in [-0.05, 0) is 13.0 Å². The van der Waals surface area contributed by atoms with Gasteiger partial charge in [0.25, 0.3) is 6.43 Å². The summed E-state index contributed by atoms with van der Waals surface area (Å²) in [7, 11) is 0. The van der Waals surface area contributed by atoms with Crippen molar-refractivity contribution in [3.05, 3.63) is 28.0 Å². The van der Waals surface area contributed by atoms with Gasteiger partial charge >= 0.3 is 0 Å². The third-order valence-corrected chi connectivity index (χ3v) is 2.03. The number of nitrogens with two attached hydrogens (primary N) is 1. The summed E-state index contributed by atoms with van der Waals surface area (Å²) in [4.78, 5) is 3.88. The predicted octanol–water partition coefficient (Wildman–Crippen LogP) is 2.44. The number of rotatable bonds is 2. The molecule has 13 heavy (non-hydrogen) atoms. The summed E-state index contributed by atoms with van der Waals surface area (Å²) >= 11 is 5.67. The number of nitrogens with zero attached hydrogens (tertiary/aromatic N) is 1. The van der Waals surface area contributed by atoms with E-state index in [0.717, 1.165) is 0 Å². The lowest BCUT2D eigenvalue weighted by Gasteiger charge is -2.07. The average molecular weight is 207 g/mol. The van der Waals surface area contributed by atoms with E-state index in [1.54, 1.807) is 0 Å². The van der Waals surface area contributed by atoms with Crippen molar-refractivity contribution >= 4 is 11.6 Å². The summed E-state index contributed by atoms with van der Waals surface area (Å²) in [5, 5.41) is 0.198. The highest BCUT2D eigenvalue weighted by atomic mass is 35.5. The number of hydrogen-bond acceptors (Lipinski definition) is 2. The molecule has 0 atom stereocenters. The minimum Gasteiger partial charge on any atom is -0.325 e. The minimum absolute atomic E-state index is 0.137. The number of pyridine rings is 1. The lowest BCUT2D eigenvalue weighted by molar-refractivity contribution is 0.150. The molecular weight excluding hydrogens is 198 g/mol. The van der Waals surface area contributed by atoms with Crippen LogP contribution < -0.4 is 5.73 Å².